The number of carbonyl (C=O) groups excluding carboxylic acids is 2. The van der Waals surface area contributed by atoms with Crippen molar-refractivity contribution in [1.82, 2.24) is 25.4 Å². The maximum absolute atomic E-state index is 12.6. The Morgan fingerprint density at radius 3 is 2.76 bits per heavy atom. The number of likely N-dealkylation sites (tertiary alicyclic amines) is 1. The van der Waals surface area contributed by atoms with E-state index < -0.39 is 0 Å². The van der Waals surface area contributed by atoms with Gasteiger partial charge in [-0.3, -0.25) is 15.2 Å². The zero-order chi connectivity index (χ0) is 20.4. The molecule has 29 heavy (non-hydrogen) atoms. The summed E-state index contributed by atoms with van der Waals surface area (Å²) in [6.45, 7) is 3.39. The van der Waals surface area contributed by atoms with E-state index in [1.165, 1.54) is 0 Å². The van der Waals surface area contributed by atoms with Crippen LogP contribution in [0.15, 0.2) is 42.6 Å². The molecule has 3 amide bonds. The Hall–Kier alpha value is -3.07. The Morgan fingerprint density at radius 1 is 1.28 bits per heavy atom. The monoisotopic (exact) mass is 410 g/mol. The molecule has 0 saturated carbocycles. The summed E-state index contributed by atoms with van der Waals surface area (Å²) in [7, 11) is 0. The number of anilines is 1. The molecule has 1 saturated heterocycles. The van der Waals surface area contributed by atoms with Gasteiger partial charge >= 0.3 is 6.03 Å². The van der Waals surface area contributed by atoms with Crippen molar-refractivity contribution in [2.24, 2.45) is 0 Å². The van der Waals surface area contributed by atoms with E-state index in [9.17, 15) is 9.59 Å². The van der Waals surface area contributed by atoms with E-state index >= 15 is 0 Å². The number of fused-ring (bicyclic) bond motifs is 1. The van der Waals surface area contributed by atoms with Gasteiger partial charge in [0.05, 0.1) is 16.9 Å². The zero-order valence-corrected chi connectivity index (χ0v) is 17.0. The van der Waals surface area contributed by atoms with Crippen molar-refractivity contribution in [2.45, 2.75) is 18.2 Å². The first-order chi connectivity index (χ1) is 14.0. The second kappa shape index (κ2) is 8.12. The minimum absolute atomic E-state index is 0.0986. The molecule has 8 nitrogen and oxygen atoms in total. The van der Waals surface area contributed by atoms with Crippen molar-refractivity contribution in [1.29, 1.82) is 0 Å². The second-order valence-electron chi connectivity index (χ2n) is 6.99. The molecule has 3 N–H and O–H groups in total. The van der Waals surface area contributed by atoms with Gasteiger partial charge in [0, 0.05) is 30.6 Å². The van der Waals surface area contributed by atoms with E-state index in [2.05, 4.69) is 25.8 Å². The van der Waals surface area contributed by atoms with Crippen molar-refractivity contribution < 1.29 is 9.59 Å². The SMILES string of the molecule is CSC1CN(C(=O)c2n[nH]c3cc(NC(=O)N[C@H](C)c4ccccc4)ncc23)C1. The standard InChI is InChI=1S/C20H22N6O2S/c1-12(13-6-4-3-5-7-13)22-20(28)23-17-8-16-15(9-21-17)18(25-24-16)19(27)26-10-14(11-26)29-2/h3-9,12,14H,10-11H2,1-2H3,(H,24,25)(H2,21,22,23,28)/t12-/m1/s1. The molecule has 0 bridgehead atoms. The minimum atomic E-state index is -0.354. The number of nitrogens with one attached hydrogen (secondary N) is 3. The molecular formula is C20H22N6O2S. The number of pyridine rings is 1. The van der Waals surface area contributed by atoms with E-state index in [4.69, 9.17) is 0 Å². The van der Waals surface area contributed by atoms with Crippen molar-refractivity contribution in [3.8, 4) is 0 Å². The molecule has 1 aliphatic rings. The molecule has 0 aliphatic carbocycles. The van der Waals surface area contributed by atoms with Gasteiger partial charge < -0.3 is 10.2 Å². The molecule has 0 spiro atoms. The Morgan fingerprint density at radius 2 is 2.03 bits per heavy atom. The lowest BCUT2D eigenvalue weighted by Gasteiger charge is -2.37. The van der Waals surface area contributed by atoms with E-state index in [1.54, 1.807) is 28.9 Å². The fourth-order valence-electron chi connectivity index (χ4n) is 3.22. The second-order valence-corrected chi connectivity index (χ2v) is 8.12. The van der Waals surface area contributed by atoms with Gasteiger partial charge in [-0.05, 0) is 18.7 Å². The summed E-state index contributed by atoms with van der Waals surface area (Å²) in [4.78, 5) is 30.9. The summed E-state index contributed by atoms with van der Waals surface area (Å²) >= 11 is 1.76. The first kappa shape index (κ1) is 19.3. The number of hydrogen-bond acceptors (Lipinski definition) is 5. The molecule has 150 valence electrons. The van der Waals surface area contributed by atoms with Crippen LogP contribution in [0.1, 0.15) is 29.0 Å². The van der Waals surface area contributed by atoms with Crippen LogP contribution < -0.4 is 10.6 Å². The van der Waals surface area contributed by atoms with Crippen LogP contribution >= 0.6 is 11.8 Å². The fourth-order valence-corrected chi connectivity index (χ4v) is 3.88. The molecular weight excluding hydrogens is 388 g/mol. The normalized spacial score (nSPS) is 15.0. The molecule has 4 rings (SSSR count). The van der Waals surface area contributed by atoms with Gasteiger partial charge in [0.2, 0.25) is 0 Å². The lowest BCUT2D eigenvalue weighted by molar-refractivity contribution is 0.0660. The van der Waals surface area contributed by atoms with Crippen molar-refractivity contribution in [2.75, 3.05) is 24.7 Å². The van der Waals surface area contributed by atoms with Crippen molar-refractivity contribution in [3.05, 3.63) is 53.9 Å². The van der Waals surface area contributed by atoms with Crippen molar-refractivity contribution >= 4 is 40.4 Å². The third-order valence-electron chi connectivity index (χ3n) is 5.01. The van der Waals surface area contributed by atoms with Gasteiger partial charge in [-0.2, -0.15) is 16.9 Å². The molecule has 0 radical (unpaired) electrons. The number of hydrogen-bond donors (Lipinski definition) is 3. The Balaban J connectivity index is 1.42. The highest BCUT2D eigenvalue weighted by atomic mass is 32.2. The fraction of sp³-hybridized carbons (Fsp3) is 0.300. The molecule has 2 aromatic heterocycles. The summed E-state index contributed by atoms with van der Waals surface area (Å²) in [6, 6.07) is 10.9. The minimum Gasteiger partial charge on any atom is -0.335 e. The van der Waals surface area contributed by atoms with Crippen molar-refractivity contribution in [3.63, 3.8) is 0 Å². The zero-order valence-electron chi connectivity index (χ0n) is 16.2. The molecule has 1 atom stereocenters. The highest BCUT2D eigenvalue weighted by molar-refractivity contribution is 7.99. The average molecular weight is 411 g/mol. The Bertz CT molecular complexity index is 1030. The average Bonchev–Trinajstić information content (AvgIpc) is 3.11. The number of rotatable bonds is 5. The van der Waals surface area contributed by atoms with Gasteiger partial charge in [-0.1, -0.05) is 30.3 Å². The maximum atomic E-state index is 12.6. The summed E-state index contributed by atoms with van der Waals surface area (Å²) in [5, 5.41) is 13.8. The Labute approximate surface area is 172 Å². The molecule has 3 heterocycles. The van der Waals surface area contributed by atoms with Gasteiger partial charge in [0.25, 0.3) is 5.91 Å². The van der Waals surface area contributed by atoms with Gasteiger partial charge in [0.15, 0.2) is 5.69 Å². The lowest BCUT2D eigenvalue weighted by atomic mass is 10.1. The van der Waals surface area contributed by atoms with E-state index in [0.29, 0.717) is 27.7 Å². The molecule has 1 aliphatic heterocycles. The number of aromatic nitrogens is 3. The number of aromatic amines is 1. The highest BCUT2D eigenvalue weighted by Gasteiger charge is 2.32. The third kappa shape index (κ3) is 4.04. The number of H-pyrrole nitrogens is 1. The first-order valence-corrected chi connectivity index (χ1v) is 10.6. The van der Waals surface area contributed by atoms with Crippen LogP contribution in [0.4, 0.5) is 10.6 Å². The highest BCUT2D eigenvalue weighted by Crippen LogP contribution is 2.25. The summed E-state index contributed by atoms with van der Waals surface area (Å²) < 4.78 is 0. The Kier molecular flexibility index (Phi) is 5.39. The third-order valence-corrected chi connectivity index (χ3v) is 5.97. The number of carbonyl (C=O) groups is 2. The van der Waals surface area contributed by atoms with Crippen LogP contribution in [-0.4, -0.2) is 56.6 Å². The number of benzene rings is 1. The van der Waals surface area contributed by atoms with Crippen LogP contribution in [0.2, 0.25) is 0 Å². The molecule has 0 unspecified atom stereocenters. The van der Waals surface area contributed by atoms with Crippen LogP contribution in [0, 0.1) is 0 Å². The number of urea groups is 1. The number of nitrogens with zero attached hydrogens (tertiary/aromatic N) is 3. The van der Waals surface area contributed by atoms with Gasteiger partial charge in [0.1, 0.15) is 5.82 Å². The smallest absolute Gasteiger partial charge is 0.320 e. The quantitative estimate of drug-likeness (QED) is 0.600. The van der Waals surface area contributed by atoms with Crippen LogP contribution in [0.25, 0.3) is 10.9 Å². The van der Waals surface area contributed by atoms with Gasteiger partial charge in [-0.25, -0.2) is 9.78 Å². The summed E-state index contributed by atoms with van der Waals surface area (Å²) in [5.41, 5.74) is 2.02. The maximum Gasteiger partial charge on any atom is 0.320 e. The summed E-state index contributed by atoms with van der Waals surface area (Å²) in [6.07, 6.45) is 3.61. The van der Waals surface area contributed by atoms with Crippen LogP contribution in [0.5, 0.6) is 0 Å². The molecule has 1 aromatic carbocycles. The largest absolute Gasteiger partial charge is 0.335 e. The van der Waals surface area contributed by atoms with E-state index in [1.807, 2.05) is 43.5 Å². The first-order valence-electron chi connectivity index (χ1n) is 9.34. The number of thioether (sulfide) groups is 1. The lowest BCUT2D eigenvalue weighted by Crippen LogP contribution is -2.52. The van der Waals surface area contributed by atoms with E-state index in [0.717, 1.165) is 18.7 Å². The van der Waals surface area contributed by atoms with Gasteiger partial charge in [-0.15, -0.1) is 0 Å². The van der Waals surface area contributed by atoms with Crippen LogP contribution in [-0.2, 0) is 0 Å². The topological polar surface area (TPSA) is 103 Å². The summed E-state index contributed by atoms with van der Waals surface area (Å²) in [5.74, 6) is 0.280. The number of amides is 3. The molecule has 1 fully saturated rings. The predicted molar refractivity (Wildman–Crippen MR) is 114 cm³/mol. The predicted octanol–water partition coefficient (Wildman–Crippen LogP) is 3.03. The molecule has 3 aromatic rings. The van der Waals surface area contributed by atoms with E-state index in [-0.39, 0.29) is 18.0 Å². The molecule has 9 heteroatoms. The van der Waals surface area contributed by atoms with Crippen LogP contribution in [0.3, 0.4) is 0 Å².